The summed E-state index contributed by atoms with van der Waals surface area (Å²) in [6, 6.07) is 9.58. The topological polar surface area (TPSA) is 74.6 Å². The van der Waals surface area contributed by atoms with Crippen LogP contribution in [0.2, 0.25) is 0 Å². The monoisotopic (exact) mass is 366 g/mol. The minimum Gasteiger partial charge on any atom is -0.478 e. The van der Waals surface area contributed by atoms with E-state index in [9.17, 15) is 14.7 Å². The van der Waals surface area contributed by atoms with Gasteiger partial charge in [0.1, 0.15) is 0 Å². The Kier molecular flexibility index (Phi) is 9.30. The standard InChI is InChI=1S/C23H26O4/c1-4-6-13-19(16-18-11-9-8-10-12-18)20(14-7-5-2)21(23(26)27)15-17(3)22(24)25/h4,6,8-13,15-16H,1,5,7,14H2,2-3H3,(H,24,25)(H,26,27). The van der Waals surface area contributed by atoms with Gasteiger partial charge in [-0.05, 0) is 48.6 Å². The van der Waals surface area contributed by atoms with E-state index in [1.807, 2.05) is 43.3 Å². The van der Waals surface area contributed by atoms with E-state index >= 15 is 0 Å². The highest BCUT2D eigenvalue weighted by molar-refractivity contribution is 5.96. The van der Waals surface area contributed by atoms with Gasteiger partial charge < -0.3 is 10.2 Å². The molecule has 0 fully saturated rings. The lowest BCUT2D eigenvalue weighted by atomic mass is 9.91. The Morgan fingerprint density at radius 2 is 1.78 bits per heavy atom. The second kappa shape index (κ2) is 11.5. The molecule has 0 spiro atoms. The molecule has 27 heavy (non-hydrogen) atoms. The van der Waals surface area contributed by atoms with Crippen LogP contribution in [0.4, 0.5) is 0 Å². The summed E-state index contributed by atoms with van der Waals surface area (Å²) in [5, 5.41) is 18.9. The summed E-state index contributed by atoms with van der Waals surface area (Å²) in [7, 11) is 0. The Morgan fingerprint density at radius 3 is 2.30 bits per heavy atom. The third kappa shape index (κ3) is 7.32. The van der Waals surface area contributed by atoms with Gasteiger partial charge in [0.15, 0.2) is 0 Å². The first-order chi connectivity index (χ1) is 12.9. The molecule has 0 heterocycles. The van der Waals surface area contributed by atoms with Gasteiger partial charge in [-0.2, -0.15) is 0 Å². The number of rotatable bonds is 10. The van der Waals surface area contributed by atoms with Crippen molar-refractivity contribution in [3.05, 3.63) is 89.1 Å². The van der Waals surface area contributed by atoms with E-state index in [1.54, 1.807) is 18.2 Å². The average molecular weight is 366 g/mol. The lowest BCUT2D eigenvalue weighted by Crippen LogP contribution is -2.07. The van der Waals surface area contributed by atoms with Crippen molar-refractivity contribution in [2.24, 2.45) is 0 Å². The van der Waals surface area contributed by atoms with Gasteiger partial charge >= 0.3 is 11.9 Å². The normalized spacial score (nSPS) is 13.4. The average Bonchev–Trinajstić information content (AvgIpc) is 2.65. The van der Waals surface area contributed by atoms with E-state index in [0.29, 0.717) is 12.0 Å². The van der Waals surface area contributed by atoms with Gasteiger partial charge in [-0.25, -0.2) is 9.59 Å². The molecule has 2 N–H and O–H groups in total. The predicted octanol–water partition coefficient (Wildman–Crippen LogP) is 5.41. The van der Waals surface area contributed by atoms with Crippen LogP contribution in [0.25, 0.3) is 6.08 Å². The van der Waals surface area contributed by atoms with Gasteiger partial charge in [0, 0.05) is 5.57 Å². The fraction of sp³-hybridized carbons (Fsp3) is 0.217. The molecule has 1 rings (SSSR count). The first-order valence-electron chi connectivity index (χ1n) is 8.85. The fourth-order valence-corrected chi connectivity index (χ4v) is 2.48. The van der Waals surface area contributed by atoms with Crippen LogP contribution >= 0.6 is 0 Å². The minimum atomic E-state index is -1.15. The first kappa shape index (κ1) is 21.9. The van der Waals surface area contributed by atoms with Crippen molar-refractivity contribution in [1.82, 2.24) is 0 Å². The highest BCUT2D eigenvalue weighted by atomic mass is 16.4. The van der Waals surface area contributed by atoms with E-state index in [-0.39, 0.29) is 11.1 Å². The van der Waals surface area contributed by atoms with Crippen LogP contribution in [-0.4, -0.2) is 22.2 Å². The molecule has 1 aromatic carbocycles. The third-order valence-electron chi connectivity index (χ3n) is 3.92. The molecule has 142 valence electrons. The molecular formula is C23H26O4. The highest BCUT2D eigenvalue weighted by Crippen LogP contribution is 2.27. The molecule has 0 aromatic heterocycles. The summed E-state index contributed by atoms with van der Waals surface area (Å²) in [6.07, 6.45) is 10.5. The smallest absolute Gasteiger partial charge is 0.335 e. The van der Waals surface area contributed by atoms with Crippen molar-refractivity contribution in [3.63, 3.8) is 0 Å². The molecule has 0 saturated heterocycles. The number of aliphatic carboxylic acids is 2. The van der Waals surface area contributed by atoms with E-state index in [4.69, 9.17) is 5.11 Å². The first-order valence-corrected chi connectivity index (χ1v) is 8.85. The minimum absolute atomic E-state index is 0.000701. The van der Waals surface area contributed by atoms with Crippen LogP contribution in [0.15, 0.2) is 83.5 Å². The summed E-state index contributed by atoms with van der Waals surface area (Å²) in [5.74, 6) is -2.29. The molecule has 0 unspecified atom stereocenters. The number of carboxylic acids is 2. The van der Waals surface area contributed by atoms with E-state index in [2.05, 4.69) is 6.58 Å². The molecule has 0 aliphatic rings. The number of hydrogen-bond acceptors (Lipinski definition) is 2. The van der Waals surface area contributed by atoms with Crippen molar-refractivity contribution < 1.29 is 19.8 Å². The quantitative estimate of drug-likeness (QED) is 0.428. The Morgan fingerprint density at radius 1 is 1.11 bits per heavy atom. The fourth-order valence-electron chi connectivity index (χ4n) is 2.48. The van der Waals surface area contributed by atoms with E-state index in [0.717, 1.165) is 24.0 Å². The Hall–Kier alpha value is -3.14. The van der Waals surface area contributed by atoms with Crippen LogP contribution in [-0.2, 0) is 9.59 Å². The maximum Gasteiger partial charge on any atom is 0.335 e. The zero-order chi connectivity index (χ0) is 20.2. The van der Waals surface area contributed by atoms with E-state index < -0.39 is 11.9 Å². The zero-order valence-electron chi connectivity index (χ0n) is 15.8. The predicted molar refractivity (Wildman–Crippen MR) is 109 cm³/mol. The zero-order valence-corrected chi connectivity index (χ0v) is 15.8. The lowest BCUT2D eigenvalue weighted by molar-refractivity contribution is -0.132. The molecule has 0 amide bonds. The van der Waals surface area contributed by atoms with Crippen LogP contribution < -0.4 is 0 Å². The summed E-state index contributed by atoms with van der Waals surface area (Å²) >= 11 is 0. The van der Waals surface area contributed by atoms with Crippen LogP contribution in [0.5, 0.6) is 0 Å². The second-order valence-electron chi connectivity index (χ2n) is 6.04. The van der Waals surface area contributed by atoms with Crippen molar-refractivity contribution >= 4 is 18.0 Å². The summed E-state index contributed by atoms with van der Waals surface area (Å²) < 4.78 is 0. The number of hydrogen-bond donors (Lipinski definition) is 2. The Bertz CT molecular complexity index is 793. The summed E-state index contributed by atoms with van der Waals surface area (Å²) in [5.41, 5.74) is 2.24. The number of benzene rings is 1. The number of allylic oxidation sites excluding steroid dienone is 5. The molecular weight excluding hydrogens is 340 g/mol. The molecule has 1 aromatic rings. The molecule has 0 bridgehead atoms. The molecule has 0 aliphatic heterocycles. The molecule has 0 saturated carbocycles. The van der Waals surface area contributed by atoms with E-state index in [1.165, 1.54) is 13.0 Å². The van der Waals surface area contributed by atoms with Gasteiger partial charge in [-0.1, -0.05) is 68.5 Å². The third-order valence-corrected chi connectivity index (χ3v) is 3.92. The lowest BCUT2D eigenvalue weighted by Gasteiger charge is -2.13. The van der Waals surface area contributed by atoms with Crippen LogP contribution in [0.3, 0.4) is 0 Å². The number of unbranched alkanes of at least 4 members (excludes halogenated alkanes) is 1. The van der Waals surface area contributed by atoms with Gasteiger partial charge in [-0.3, -0.25) is 0 Å². The Labute approximate surface area is 160 Å². The van der Waals surface area contributed by atoms with Gasteiger partial charge in [0.05, 0.1) is 5.57 Å². The Balaban J connectivity index is 3.70. The van der Waals surface area contributed by atoms with Crippen molar-refractivity contribution in [3.8, 4) is 0 Å². The highest BCUT2D eigenvalue weighted by Gasteiger charge is 2.16. The van der Waals surface area contributed by atoms with Crippen LogP contribution in [0, 0.1) is 0 Å². The summed E-state index contributed by atoms with van der Waals surface area (Å²) in [6.45, 7) is 7.09. The van der Waals surface area contributed by atoms with Crippen LogP contribution in [0.1, 0.15) is 38.7 Å². The van der Waals surface area contributed by atoms with Gasteiger partial charge in [0.2, 0.25) is 0 Å². The number of carbonyl (C=O) groups is 2. The maximum absolute atomic E-state index is 11.9. The van der Waals surface area contributed by atoms with Crippen molar-refractivity contribution in [1.29, 1.82) is 0 Å². The molecule has 0 atom stereocenters. The van der Waals surface area contributed by atoms with Crippen molar-refractivity contribution in [2.75, 3.05) is 0 Å². The van der Waals surface area contributed by atoms with Crippen molar-refractivity contribution in [2.45, 2.75) is 33.1 Å². The van der Waals surface area contributed by atoms with Gasteiger partial charge in [0.25, 0.3) is 0 Å². The molecule has 4 nitrogen and oxygen atoms in total. The molecule has 0 aliphatic carbocycles. The number of carboxylic acid groups (broad SMARTS) is 2. The van der Waals surface area contributed by atoms with Gasteiger partial charge in [-0.15, -0.1) is 0 Å². The summed E-state index contributed by atoms with van der Waals surface area (Å²) in [4.78, 5) is 23.1. The molecule has 0 radical (unpaired) electrons. The SMILES string of the molecule is C=CC=CC(=Cc1ccccc1)C(CCCC)=C(C=C(C)C(=O)O)C(=O)O. The second-order valence-corrected chi connectivity index (χ2v) is 6.04. The molecule has 4 heteroatoms. The largest absolute Gasteiger partial charge is 0.478 e. The maximum atomic E-state index is 11.9.